The van der Waals surface area contributed by atoms with E-state index < -0.39 is 11.5 Å². The number of rotatable bonds is 3. The van der Waals surface area contributed by atoms with Gasteiger partial charge in [0, 0.05) is 9.13 Å². The number of halogens is 1. The van der Waals surface area contributed by atoms with E-state index in [1.165, 1.54) is 0 Å². The Bertz CT molecular complexity index is 514. The molecule has 0 bridgehead atoms. The third-order valence-corrected chi connectivity index (χ3v) is 4.59. The van der Waals surface area contributed by atoms with Crippen molar-refractivity contribution in [1.82, 2.24) is 5.32 Å². The van der Waals surface area contributed by atoms with Gasteiger partial charge in [0.2, 0.25) is 0 Å². The highest BCUT2D eigenvalue weighted by Gasteiger charge is 2.43. The lowest BCUT2D eigenvalue weighted by Crippen LogP contribution is -2.56. The van der Waals surface area contributed by atoms with Crippen LogP contribution in [0.1, 0.15) is 43.0 Å². The fourth-order valence-corrected chi connectivity index (χ4v) is 3.16. The molecule has 2 unspecified atom stereocenters. The maximum absolute atomic E-state index is 12.3. The Kier molecular flexibility index (Phi) is 4.67. The largest absolute Gasteiger partial charge is 0.480 e. The van der Waals surface area contributed by atoms with Gasteiger partial charge in [0.25, 0.3) is 5.91 Å². The number of hydrogen-bond donors (Lipinski definition) is 2. The maximum Gasteiger partial charge on any atom is 0.329 e. The number of carbonyl (C=O) groups is 2. The van der Waals surface area contributed by atoms with Gasteiger partial charge >= 0.3 is 5.97 Å². The van der Waals surface area contributed by atoms with Crippen molar-refractivity contribution in [3.63, 3.8) is 0 Å². The van der Waals surface area contributed by atoms with Gasteiger partial charge in [-0.15, -0.1) is 0 Å². The van der Waals surface area contributed by atoms with E-state index in [0.29, 0.717) is 24.3 Å². The summed E-state index contributed by atoms with van der Waals surface area (Å²) in [5, 5.41) is 12.3. The summed E-state index contributed by atoms with van der Waals surface area (Å²) in [6, 6.07) is 7.12. The third-order valence-electron chi connectivity index (χ3n) is 3.87. The molecule has 0 radical (unpaired) electrons. The summed E-state index contributed by atoms with van der Waals surface area (Å²) in [7, 11) is 0. The summed E-state index contributed by atoms with van der Waals surface area (Å²) >= 11 is 2.17. The molecule has 20 heavy (non-hydrogen) atoms. The van der Waals surface area contributed by atoms with Gasteiger partial charge in [-0.25, -0.2) is 4.79 Å². The van der Waals surface area contributed by atoms with Gasteiger partial charge < -0.3 is 10.4 Å². The number of hydrogen-bond acceptors (Lipinski definition) is 2. The first-order valence-corrected chi connectivity index (χ1v) is 7.82. The number of amides is 1. The molecule has 2 N–H and O–H groups in total. The van der Waals surface area contributed by atoms with Gasteiger partial charge in [-0.05, 0) is 65.6 Å². The first-order valence-electron chi connectivity index (χ1n) is 6.74. The molecule has 0 heterocycles. The van der Waals surface area contributed by atoms with E-state index in [-0.39, 0.29) is 5.91 Å². The summed E-state index contributed by atoms with van der Waals surface area (Å²) in [4.78, 5) is 23.9. The molecule has 1 saturated carbocycles. The van der Waals surface area contributed by atoms with Crippen molar-refractivity contribution in [2.45, 2.75) is 38.1 Å². The predicted molar refractivity (Wildman–Crippen MR) is 84.6 cm³/mol. The van der Waals surface area contributed by atoms with Crippen LogP contribution in [0.5, 0.6) is 0 Å². The molecule has 108 valence electrons. The molecule has 0 aliphatic heterocycles. The van der Waals surface area contributed by atoms with Gasteiger partial charge in [0.05, 0.1) is 0 Å². The van der Waals surface area contributed by atoms with Gasteiger partial charge in [-0.2, -0.15) is 0 Å². The standard InChI is InChI=1S/C15H18INO3/c1-10-3-2-8-15(9-10,14(19)20)17-13(18)11-4-6-12(16)7-5-11/h4-7,10H,2-3,8-9H2,1H3,(H,17,18)(H,19,20). The molecule has 0 spiro atoms. The Morgan fingerprint density at radius 2 is 2.00 bits per heavy atom. The van der Waals surface area contributed by atoms with Crippen molar-refractivity contribution in [1.29, 1.82) is 0 Å². The van der Waals surface area contributed by atoms with Crippen molar-refractivity contribution >= 4 is 34.5 Å². The molecule has 1 amide bonds. The predicted octanol–water partition coefficient (Wildman–Crippen LogP) is 3.05. The summed E-state index contributed by atoms with van der Waals surface area (Å²) < 4.78 is 1.04. The van der Waals surface area contributed by atoms with Gasteiger partial charge in [0.15, 0.2) is 0 Å². The Hall–Kier alpha value is -1.11. The highest BCUT2D eigenvalue weighted by atomic mass is 127. The lowest BCUT2D eigenvalue weighted by Gasteiger charge is -2.37. The molecular weight excluding hydrogens is 369 g/mol. The van der Waals surface area contributed by atoms with Crippen LogP contribution in [0.15, 0.2) is 24.3 Å². The summed E-state index contributed by atoms with van der Waals surface area (Å²) in [5.74, 6) is -0.919. The third kappa shape index (κ3) is 3.31. The van der Waals surface area contributed by atoms with Crippen molar-refractivity contribution < 1.29 is 14.7 Å². The molecule has 1 aromatic carbocycles. The fourth-order valence-electron chi connectivity index (χ4n) is 2.80. The topological polar surface area (TPSA) is 66.4 Å². The highest BCUT2D eigenvalue weighted by Crippen LogP contribution is 2.32. The summed E-state index contributed by atoms with van der Waals surface area (Å²) in [6.45, 7) is 2.04. The van der Waals surface area contributed by atoms with E-state index in [9.17, 15) is 14.7 Å². The summed E-state index contributed by atoms with van der Waals surface area (Å²) in [5.41, 5.74) is -0.609. The van der Waals surface area contributed by atoms with Crippen LogP contribution < -0.4 is 5.32 Å². The van der Waals surface area contributed by atoms with E-state index >= 15 is 0 Å². The first-order chi connectivity index (χ1) is 9.43. The minimum atomic E-state index is -1.11. The number of carboxylic acids is 1. The molecule has 0 saturated heterocycles. The Labute approximate surface area is 132 Å². The second-order valence-corrected chi connectivity index (χ2v) is 6.80. The van der Waals surface area contributed by atoms with Gasteiger partial charge in [-0.3, -0.25) is 4.79 Å². The minimum Gasteiger partial charge on any atom is -0.480 e. The zero-order valence-corrected chi connectivity index (χ0v) is 13.5. The molecule has 1 aliphatic rings. The molecule has 1 aliphatic carbocycles. The Balaban J connectivity index is 2.18. The molecular formula is C15H18INO3. The van der Waals surface area contributed by atoms with Crippen molar-refractivity contribution in [2.75, 3.05) is 0 Å². The molecule has 1 fully saturated rings. The van der Waals surface area contributed by atoms with Gasteiger partial charge in [0.1, 0.15) is 5.54 Å². The molecule has 4 nitrogen and oxygen atoms in total. The highest BCUT2D eigenvalue weighted by molar-refractivity contribution is 14.1. The van der Waals surface area contributed by atoms with Crippen LogP contribution in [0.25, 0.3) is 0 Å². The first kappa shape index (κ1) is 15.3. The molecule has 0 aromatic heterocycles. The zero-order valence-electron chi connectivity index (χ0n) is 11.4. The quantitative estimate of drug-likeness (QED) is 0.784. The fraction of sp³-hybridized carbons (Fsp3) is 0.467. The normalized spacial score (nSPS) is 26.0. The molecule has 1 aromatic rings. The van der Waals surface area contributed by atoms with Crippen LogP contribution in [0.3, 0.4) is 0 Å². The lowest BCUT2D eigenvalue weighted by molar-refractivity contribution is -0.146. The SMILES string of the molecule is CC1CCCC(NC(=O)c2ccc(I)cc2)(C(=O)O)C1. The van der Waals surface area contributed by atoms with Crippen LogP contribution in [-0.2, 0) is 4.79 Å². The monoisotopic (exact) mass is 387 g/mol. The zero-order chi connectivity index (χ0) is 14.8. The van der Waals surface area contributed by atoms with E-state index in [0.717, 1.165) is 16.4 Å². The van der Waals surface area contributed by atoms with Crippen LogP contribution >= 0.6 is 22.6 Å². The average molecular weight is 387 g/mol. The molecule has 2 atom stereocenters. The van der Waals surface area contributed by atoms with Gasteiger partial charge in [-0.1, -0.05) is 19.8 Å². The molecule has 2 rings (SSSR count). The van der Waals surface area contributed by atoms with Crippen LogP contribution in [0, 0.1) is 9.49 Å². The minimum absolute atomic E-state index is 0.307. The second kappa shape index (κ2) is 6.11. The summed E-state index contributed by atoms with van der Waals surface area (Å²) in [6.07, 6.45) is 2.86. The smallest absolute Gasteiger partial charge is 0.329 e. The van der Waals surface area contributed by atoms with Crippen molar-refractivity contribution in [2.24, 2.45) is 5.92 Å². The number of aliphatic carboxylic acids is 1. The van der Waals surface area contributed by atoms with Crippen LogP contribution in [0.2, 0.25) is 0 Å². The van der Waals surface area contributed by atoms with E-state index in [1.54, 1.807) is 12.1 Å². The van der Waals surface area contributed by atoms with E-state index in [4.69, 9.17) is 0 Å². The number of benzene rings is 1. The number of nitrogens with one attached hydrogen (secondary N) is 1. The number of carboxylic acid groups (broad SMARTS) is 1. The molecule has 5 heteroatoms. The van der Waals surface area contributed by atoms with Crippen LogP contribution in [-0.4, -0.2) is 22.5 Å². The van der Waals surface area contributed by atoms with Crippen LogP contribution in [0.4, 0.5) is 0 Å². The number of carbonyl (C=O) groups excluding carboxylic acids is 1. The lowest BCUT2D eigenvalue weighted by atomic mass is 9.76. The van der Waals surface area contributed by atoms with Crippen molar-refractivity contribution in [3.05, 3.63) is 33.4 Å². The van der Waals surface area contributed by atoms with E-state index in [1.807, 2.05) is 19.1 Å². The van der Waals surface area contributed by atoms with E-state index in [2.05, 4.69) is 27.9 Å². The maximum atomic E-state index is 12.3. The Morgan fingerprint density at radius 3 is 2.55 bits per heavy atom. The Morgan fingerprint density at radius 1 is 1.35 bits per heavy atom. The van der Waals surface area contributed by atoms with Crippen molar-refractivity contribution in [3.8, 4) is 0 Å². The second-order valence-electron chi connectivity index (χ2n) is 5.55. The average Bonchev–Trinajstić information content (AvgIpc) is 2.39.